The van der Waals surface area contributed by atoms with Gasteiger partial charge >= 0.3 is 5.56 Å². The fourth-order valence-electron chi connectivity index (χ4n) is 2.32. The molecule has 3 aromatic rings. The van der Waals surface area contributed by atoms with Crippen LogP contribution in [0.2, 0.25) is 0 Å². The summed E-state index contributed by atoms with van der Waals surface area (Å²) in [4.78, 5) is 23.2. The van der Waals surface area contributed by atoms with E-state index in [4.69, 9.17) is 0 Å². The minimum Gasteiger partial charge on any atom is -0.842 e. The van der Waals surface area contributed by atoms with Crippen molar-refractivity contribution in [3.05, 3.63) is 76.2 Å². The molecule has 0 fully saturated rings. The molecule has 104 valence electrons. The number of pyridine rings is 1. The van der Waals surface area contributed by atoms with Gasteiger partial charge in [-0.1, -0.05) is 36.4 Å². The van der Waals surface area contributed by atoms with E-state index in [0.29, 0.717) is 18.5 Å². The van der Waals surface area contributed by atoms with Crippen molar-refractivity contribution < 1.29 is 14.5 Å². The van der Waals surface area contributed by atoms with Crippen molar-refractivity contribution in [2.75, 3.05) is 0 Å². The predicted molar refractivity (Wildman–Crippen MR) is 74.2 cm³/mol. The highest BCUT2D eigenvalue weighted by atomic mass is 16.3. The Balaban J connectivity index is 2.31. The maximum Gasteiger partial charge on any atom is 0.352 e. The molecule has 21 heavy (non-hydrogen) atoms. The van der Waals surface area contributed by atoms with Crippen LogP contribution in [0.1, 0.15) is 15.9 Å². The molecule has 0 unspecified atom stereocenters. The fraction of sp³-hybridized carbons (Fsp3) is 0.0625. The second kappa shape index (κ2) is 5.20. The second-order valence-corrected chi connectivity index (χ2v) is 4.64. The third-order valence-corrected chi connectivity index (χ3v) is 3.34. The molecule has 0 saturated carbocycles. The quantitative estimate of drug-likeness (QED) is 0.519. The summed E-state index contributed by atoms with van der Waals surface area (Å²) in [7, 11) is 0. The van der Waals surface area contributed by atoms with Gasteiger partial charge in [0.05, 0.1) is 12.1 Å². The Kier molecular flexibility index (Phi) is 3.23. The van der Waals surface area contributed by atoms with Gasteiger partial charge in [-0.25, -0.2) is 9.36 Å². The highest BCUT2D eigenvalue weighted by Crippen LogP contribution is 2.07. The third kappa shape index (κ3) is 2.18. The highest BCUT2D eigenvalue weighted by Gasteiger charge is 2.17. The first-order valence-corrected chi connectivity index (χ1v) is 6.45. The van der Waals surface area contributed by atoms with E-state index in [1.54, 1.807) is 24.4 Å². The summed E-state index contributed by atoms with van der Waals surface area (Å²) >= 11 is 0. The zero-order valence-electron chi connectivity index (χ0n) is 11.1. The minimum atomic E-state index is -0.588. The van der Waals surface area contributed by atoms with Crippen LogP contribution in [-0.2, 0) is 6.54 Å². The van der Waals surface area contributed by atoms with E-state index in [2.05, 4.69) is 0 Å². The van der Waals surface area contributed by atoms with Crippen molar-refractivity contribution in [1.82, 2.24) is 4.40 Å². The van der Waals surface area contributed by atoms with E-state index in [0.717, 1.165) is 5.56 Å². The topological polar surface area (TPSA) is 65.5 Å². The van der Waals surface area contributed by atoms with E-state index in [9.17, 15) is 14.7 Å². The number of aromatic nitrogens is 2. The number of nitrogens with zero attached hydrogens (tertiary/aromatic N) is 2. The van der Waals surface area contributed by atoms with Crippen LogP contribution in [0.5, 0.6) is 5.88 Å². The van der Waals surface area contributed by atoms with Gasteiger partial charge in [0.15, 0.2) is 6.29 Å². The molecule has 0 saturated heterocycles. The van der Waals surface area contributed by atoms with Gasteiger partial charge in [-0.3, -0.25) is 4.79 Å². The van der Waals surface area contributed by atoms with E-state index >= 15 is 0 Å². The molecule has 0 bridgehead atoms. The van der Waals surface area contributed by atoms with Gasteiger partial charge in [-0.15, -0.1) is 0 Å². The average Bonchev–Trinajstić information content (AvgIpc) is 2.53. The van der Waals surface area contributed by atoms with Gasteiger partial charge in [-0.2, -0.15) is 4.40 Å². The van der Waals surface area contributed by atoms with Crippen LogP contribution in [0, 0.1) is 0 Å². The number of hydrogen-bond acceptors (Lipinski definition) is 3. The van der Waals surface area contributed by atoms with Gasteiger partial charge in [-0.05, 0) is 11.6 Å². The Morgan fingerprint density at radius 3 is 2.52 bits per heavy atom. The molecule has 5 heteroatoms. The van der Waals surface area contributed by atoms with Crippen molar-refractivity contribution in [1.29, 1.82) is 0 Å². The highest BCUT2D eigenvalue weighted by molar-refractivity contribution is 5.76. The van der Waals surface area contributed by atoms with Crippen LogP contribution in [0.15, 0.2) is 59.5 Å². The Bertz CT molecular complexity index is 870. The number of fused-ring (bicyclic) bond motifs is 1. The molecule has 0 radical (unpaired) electrons. The van der Waals surface area contributed by atoms with Crippen LogP contribution in [0.25, 0.3) is 5.65 Å². The maximum absolute atomic E-state index is 12.4. The lowest BCUT2D eigenvalue weighted by molar-refractivity contribution is -0.709. The molecule has 0 atom stereocenters. The van der Waals surface area contributed by atoms with Gasteiger partial charge < -0.3 is 5.11 Å². The number of hydrogen-bond donors (Lipinski definition) is 0. The van der Waals surface area contributed by atoms with E-state index < -0.39 is 11.4 Å². The van der Waals surface area contributed by atoms with Gasteiger partial charge in [0.25, 0.3) is 5.65 Å². The first kappa shape index (κ1) is 13.1. The normalized spacial score (nSPS) is 10.7. The molecule has 0 aliphatic rings. The van der Waals surface area contributed by atoms with Crippen LogP contribution < -0.4 is 15.2 Å². The molecular weight excluding hydrogens is 268 g/mol. The largest absolute Gasteiger partial charge is 0.842 e. The van der Waals surface area contributed by atoms with E-state index in [-0.39, 0.29) is 5.56 Å². The van der Waals surface area contributed by atoms with Crippen LogP contribution in [0.4, 0.5) is 0 Å². The molecule has 5 nitrogen and oxygen atoms in total. The molecule has 0 aliphatic carbocycles. The summed E-state index contributed by atoms with van der Waals surface area (Å²) in [5.74, 6) is -0.565. The number of benzene rings is 1. The Morgan fingerprint density at radius 1 is 1.10 bits per heavy atom. The second-order valence-electron chi connectivity index (χ2n) is 4.64. The number of rotatable bonds is 3. The standard InChI is InChI=1S/C16H12N2O3/c19-11-13-15(20)17-9-5-4-8-14(17)18(16(13)21)10-12-6-2-1-3-7-12/h1-9,11H,10H2. The lowest BCUT2D eigenvalue weighted by atomic mass is 10.2. The van der Waals surface area contributed by atoms with Crippen molar-refractivity contribution in [2.45, 2.75) is 6.54 Å². The van der Waals surface area contributed by atoms with Crippen molar-refractivity contribution in [3.8, 4) is 5.88 Å². The Labute approximate surface area is 120 Å². The average molecular weight is 280 g/mol. The monoisotopic (exact) mass is 280 g/mol. The lowest BCUT2D eigenvalue weighted by Crippen LogP contribution is -2.45. The summed E-state index contributed by atoms with van der Waals surface area (Å²) in [6, 6.07) is 14.5. The SMILES string of the molecule is O=Cc1c([O-])[n+](Cc2ccccc2)c2ccccn2c1=O. The molecule has 3 rings (SSSR count). The molecule has 0 spiro atoms. The fourth-order valence-corrected chi connectivity index (χ4v) is 2.32. The zero-order chi connectivity index (χ0) is 14.8. The summed E-state index contributed by atoms with van der Waals surface area (Å²) < 4.78 is 2.74. The summed E-state index contributed by atoms with van der Waals surface area (Å²) in [5.41, 5.74) is 0.437. The molecule has 0 aliphatic heterocycles. The van der Waals surface area contributed by atoms with Gasteiger partial charge in [0.2, 0.25) is 0 Å². The van der Waals surface area contributed by atoms with E-state index in [1.807, 2.05) is 30.3 Å². The summed E-state index contributed by atoms with van der Waals surface area (Å²) in [6.45, 7) is 0.300. The first-order valence-electron chi connectivity index (χ1n) is 6.45. The van der Waals surface area contributed by atoms with E-state index in [1.165, 1.54) is 8.97 Å². The molecule has 2 aromatic heterocycles. The predicted octanol–water partition coefficient (Wildman–Crippen LogP) is 0.521. The Morgan fingerprint density at radius 2 is 1.81 bits per heavy atom. The number of aldehydes is 1. The van der Waals surface area contributed by atoms with Crippen LogP contribution in [0.3, 0.4) is 0 Å². The van der Waals surface area contributed by atoms with Crippen molar-refractivity contribution in [2.24, 2.45) is 0 Å². The summed E-state index contributed by atoms with van der Waals surface area (Å²) in [5, 5.41) is 12.4. The van der Waals surface area contributed by atoms with Gasteiger partial charge in [0, 0.05) is 6.07 Å². The number of carbonyl (C=O) groups excluding carboxylic acids is 1. The number of carbonyl (C=O) groups is 1. The van der Waals surface area contributed by atoms with Gasteiger partial charge in [0.1, 0.15) is 12.1 Å². The van der Waals surface area contributed by atoms with Crippen molar-refractivity contribution >= 4 is 11.9 Å². The Hall–Kier alpha value is -2.95. The van der Waals surface area contributed by atoms with Crippen LogP contribution >= 0.6 is 0 Å². The van der Waals surface area contributed by atoms with Crippen molar-refractivity contribution in [3.63, 3.8) is 0 Å². The first-order chi connectivity index (χ1) is 10.2. The summed E-state index contributed by atoms with van der Waals surface area (Å²) in [6.07, 6.45) is 1.87. The minimum absolute atomic E-state index is 0.300. The van der Waals surface area contributed by atoms with Crippen LogP contribution in [-0.4, -0.2) is 10.7 Å². The zero-order valence-corrected chi connectivity index (χ0v) is 11.1. The lowest BCUT2D eigenvalue weighted by Gasteiger charge is -2.14. The molecule has 0 N–H and O–H groups in total. The smallest absolute Gasteiger partial charge is 0.352 e. The molecular formula is C16H12N2O3. The maximum atomic E-state index is 12.4. The third-order valence-electron chi connectivity index (χ3n) is 3.34. The molecule has 0 amide bonds. The molecule has 2 heterocycles. The molecule has 1 aromatic carbocycles.